The van der Waals surface area contributed by atoms with Gasteiger partial charge in [-0.3, -0.25) is 4.98 Å². The highest BCUT2D eigenvalue weighted by Gasteiger charge is 2.14. The summed E-state index contributed by atoms with van der Waals surface area (Å²) >= 11 is 5.90. The van der Waals surface area contributed by atoms with Crippen LogP contribution in [0.15, 0.2) is 30.3 Å². The molecule has 3 heteroatoms. The molecule has 1 aromatic carbocycles. The lowest BCUT2D eigenvalue weighted by atomic mass is 10.0. The third-order valence-corrected chi connectivity index (χ3v) is 3.63. The summed E-state index contributed by atoms with van der Waals surface area (Å²) in [7, 11) is 0. The summed E-state index contributed by atoms with van der Waals surface area (Å²) in [6.07, 6.45) is 0.967. The van der Waals surface area contributed by atoms with E-state index in [4.69, 9.17) is 11.6 Å². The Kier molecular flexibility index (Phi) is 4.65. The van der Waals surface area contributed by atoms with Crippen LogP contribution in [-0.4, -0.2) is 16.9 Å². The summed E-state index contributed by atoms with van der Waals surface area (Å²) in [5.74, 6) is 1.23. The Bertz CT molecular complexity index is 551. The van der Waals surface area contributed by atoms with Gasteiger partial charge < -0.3 is 5.32 Å². The number of anilines is 1. The van der Waals surface area contributed by atoms with Crippen molar-refractivity contribution in [3.63, 3.8) is 0 Å². The van der Waals surface area contributed by atoms with E-state index in [9.17, 15) is 0 Å². The summed E-state index contributed by atoms with van der Waals surface area (Å²) in [4.78, 5) is 4.57. The number of para-hydroxylation sites is 1. The van der Waals surface area contributed by atoms with Crippen LogP contribution in [0, 0.1) is 12.8 Å². The molecule has 0 aliphatic rings. The predicted molar refractivity (Wildman–Crippen MR) is 84.1 cm³/mol. The van der Waals surface area contributed by atoms with Crippen LogP contribution in [0.2, 0.25) is 0 Å². The van der Waals surface area contributed by atoms with Gasteiger partial charge in [0, 0.05) is 28.7 Å². The van der Waals surface area contributed by atoms with E-state index < -0.39 is 0 Å². The maximum absolute atomic E-state index is 5.90. The second-order valence-corrected chi connectivity index (χ2v) is 5.68. The number of hydrogen-bond acceptors (Lipinski definition) is 2. The van der Waals surface area contributed by atoms with Gasteiger partial charge in [0.2, 0.25) is 0 Å². The third kappa shape index (κ3) is 3.38. The molecular formula is C16H21ClN2. The lowest BCUT2D eigenvalue weighted by Crippen LogP contribution is -2.26. The largest absolute Gasteiger partial charge is 0.381 e. The molecule has 19 heavy (non-hydrogen) atoms. The lowest BCUT2D eigenvalue weighted by Gasteiger charge is -2.23. The van der Waals surface area contributed by atoms with Crippen molar-refractivity contribution in [3.8, 4) is 0 Å². The van der Waals surface area contributed by atoms with Gasteiger partial charge >= 0.3 is 0 Å². The first kappa shape index (κ1) is 14.1. The van der Waals surface area contributed by atoms with Crippen molar-refractivity contribution < 1.29 is 0 Å². The molecule has 1 aromatic heterocycles. The molecule has 0 radical (unpaired) electrons. The molecule has 0 saturated carbocycles. The fourth-order valence-corrected chi connectivity index (χ4v) is 2.55. The fourth-order valence-electron chi connectivity index (χ4n) is 2.32. The van der Waals surface area contributed by atoms with E-state index in [1.807, 2.05) is 13.0 Å². The van der Waals surface area contributed by atoms with Crippen LogP contribution >= 0.6 is 11.6 Å². The van der Waals surface area contributed by atoms with Gasteiger partial charge in [-0.2, -0.15) is 0 Å². The van der Waals surface area contributed by atoms with Gasteiger partial charge in [-0.15, -0.1) is 11.6 Å². The van der Waals surface area contributed by atoms with E-state index in [0.29, 0.717) is 17.8 Å². The molecule has 0 fully saturated rings. The molecule has 1 N–H and O–H groups in total. The molecule has 2 nitrogen and oxygen atoms in total. The van der Waals surface area contributed by atoms with E-state index in [1.54, 1.807) is 0 Å². The highest BCUT2D eigenvalue weighted by Crippen LogP contribution is 2.25. The van der Waals surface area contributed by atoms with Crippen molar-refractivity contribution in [2.75, 3.05) is 11.2 Å². The quantitative estimate of drug-likeness (QED) is 0.807. The molecular weight excluding hydrogens is 256 g/mol. The van der Waals surface area contributed by atoms with Crippen LogP contribution in [0.4, 0.5) is 5.69 Å². The molecule has 0 saturated heterocycles. The topological polar surface area (TPSA) is 24.9 Å². The Morgan fingerprint density at radius 2 is 2.00 bits per heavy atom. The van der Waals surface area contributed by atoms with Crippen molar-refractivity contribution in [1.29, 1.82) is 0 Å². The Morgan fingerprint density at radius 1 is 1.26 bits per heavy atom. The number of benzene rings is 1. The molecule has 0 amide bonds. The first-order valence-corrected chi connectivity index (χ1v) is 7.34. The van der Waals surface area contributed by atoms with E-state index >= 15 is 0 Å². The van der Waals surface area contributed by atoms with Crippen LogP contribution < -0.4 is 5.32 Å². The van der Waals surface area contributed by atoms with Crippen molar-refractivity contribution in [3.05, 3.63) is 36.0 Å². The number of nitrogens with zero attached hydrogens (tertiary/aromatic N) is 1. The molecule has 1 atom stereocenters. The zero-order valence-electron chi connectivity index (χ0n) is 11.8. The summed E-state index contributed by atoms with van der Waals surface area (Å²) < 4.78 is 0. The van der Waals surface area contributed by atoms with E-state index in [-0.39, 0.29) is 0 Å². The predicted octanol–water partition coefficient (Wildman–Crippen LogP) is 4.61. The number of fused-ring (bicyclic) bond motifs is 1. The van der Waals surface area contributed by atoms with Gasteiger partial charge in [-0.05, 0) is 31.4 Å². The molecule has 0 bridgehead atoms. The maximum atomic E-state index is 5.90. The highest BCUT2D eigenvalue weighted by atomic mass is 35.5. The fraction of sp³-hybridized carbons (Fsp3) is 0.438. The van der Waals surface area contributed by atoms with E-state index in [0.717, 1.165) is 23.3 Å². The minimum absolute atomic E-state index is 0.391. The molecule has 2 rings (SSSR count). The van der Waals surface area contributed by atoms with Crippen molar-refractivity contribution >= 4 is 28.2 Å². The average molecular weight is 277 g/mol. The first-order valence-electron chi connectivity index (χ1n) is 6.80. The first-order chi connectivity index (χ1) is 9.11. The van der Waals surface area contributed by atoms with E-state index in [2.05, 4.69) is 48.4 Å². The molecule has 102 valence electrons. The van der Waals surface area contributed by atoms with Crippen molar-refractivity contribution in [2.24, 2.45) is 5.92 Å². The van der Waals surface area contributed by atoms with Gasteiger partial charge in [0.25, 0.3) is 0 Å². The lowest BCUT2D eigenvalue weighted by molar-refractivity contribution is 0.513. The maximum Gasteiger partial charge on any atom is 0.0725 e. The van der Waals surface area contributed by atoms with Crippen LogP contribution in [0.5, 0.6) is 0 Å². The molecule has 0 aliphatic heterocycles. The number of hydrogen-bond donors (Lipinski definition) is 1. The second-order valence-electron chi connectivity index (χ2n) is 5.30. The Hall–Kier alpha value is -1.28. The van der Waals surface area contributed by atoms with Gasteiger partial charge in [-0.1, -0.05) is 32.0 Å². The number of alkyl halides is 1. The zero-order chi connectivity index (χ0) is 13.8. The molecule has 2 aromatic rings. The minimum atomic E-state index is 0.391. The van der Waals surface area contributed by atoms with Crippen molar-refractivity contribution in [2.45, 2.75) is 33.2 Å². The van der Waals surface area contributed by atoms with Gasteiger partial charge in [0.15, 0.2) is 0 Å². The average Bonchev–Trinajstić information content (AvgIpc) is 2.37. The molecule has 1 heterocycles. The summed E-state index contributed by atoms with van der Waals surface area (Å²) in [5, 5.41) is 4.81. The van der Waals surface area contributed by atoms with Crippen LogP contribution in [0.25, 0.3) is 10.9 Å². The van der Waals surface area contributed by atoms with Gasteiger partial charge in [-0.25, -0.2) is 0 Å². The van der Waals surface area contributed by atoms with Crippen LogP contribution in [0.1, 0.15) is 26.0 Å². The van der Waals surface area contributed by atoms with Gasteiger partial charge in [0.1, 0.15) is 0 Å². The van der Waals surface area contributed by atoms with E-state index in [1.165, 1.54) is 5.39 Å². The third-order valence-electron chi connectivity index (χ3n) is 3.41. The number of aryl methyl sites for hydroxylation is 1. The monoisotopic (exact) mass is 276 g/mol. The zero-order valence-corrected chi connectivity index (χ0v) is 12.5. The number of aromatic nitrogens is 1. The highest BCUT2D eigenvalue weighted by molar-refractivity contribution is 6.17. The molecule has 0 aliphatic carbocycles. The minimum Gasteiger partial charge on any atom is -0.381 e. The second kappa shape index (κ2) is 6.25. The number of rotatable bonds is 5. The SMILES string of the molecule is Cc1cc(NC(CCCl)C(C)C)c2ccccc2n1. The standard InChI is InChI=1S/C16H21ClN2/c1-11(2)14(8-9-17)19-16-10-12(3)18-15-7-5-4-6-13(15)16/h4-7,10-11,14H,8-9H2,1-3H3,(H,18,19). The summed E-state index contributed by atoms with van der Waals surface area (Å²) in [6.45, 7) is 6.48. The van der Waals surface area contributed by atoms with Gasteiger partial charge in [0.05, 0.1) is 5.52 Å². The molecule has 1 unspecified atom stereocenters. The van der Waals surface area contributed by atoms with Crippen LogP contribution in [-0.2, 0) is 0 Å². The Morgan fingerprint density at radius 3 is 2.68 bits per heavy atom. The Labute approximate surface area is 120 Å². The van der Waals surface area contributed by atoms with Crippen LogP contribution in [0.3, 0.4) is 0 Å². The van der Waals surface area contributed by atoms with Crippen molar-refractivity contribution in [1.82, 2.24) is 4.98 Å². The Balaban J connectivity index is 2.38. The summed E-state index contributed by atoms with van der Waals surface area (Å²) in [5.41, 5.74) is 3.24. The smallest absolute Gasteiger partial charge is 0.0725 e. The molecule has 0 spiro atoms. The summed E-state index contributed by atoms with van der Waals surface area (Å²) in [6, 6.07) is 10.8. The number of pyridine rings is 1. The normalized spacial score (nSPS) is 12.9. The number of halogens is 1. The number of nitrogens with one attached hydrogen (secondary N) is 1.